The highest BCUT2D eigenvalue weighted by atomic mass is 16.1. The lowest BCUT2D eigenvalue weighted by atomic mass is 9.67. The number of aromatic amines is 1. The molecule has 0 saturated heterocycles. The van der Waals surface area contributed by atoms with E-state index in [1.54, 1.807) is 0 Å². The minimum absolute atomic E-state index is 0.197. The van der Waals surface area contributed by atoms with Gasteiger partial charge in [0.05, 0.1) is 6.04 Å². The zero-order chi connectivity index (χ0) is 19.6. The van der Waals surface area contributed by atoms with Gasteiger partial charge in [-0.15, -0.1) is 0 Å². The molecule has 148 valence electrons. The monoisotopic (exact) mass is 376 g/mol. The molecule has 1 N–H and O–H groups in total. The Labute approximate surface area is 168 Å². The lowest BCUT2D eigenvalue weighted by molar-refractivity contribution is -0.125. The summed E-state index contributed by atoms with van der Waals surface area (Å²) in [7, 11) is 0. The van der Waals surface area contributed by atoms with Crippen molar-refractivity contribution in [1.82, 2.24) is 9.88 Å². The van der Waals surface area contributed by atoms with Crippen molar-refractivity contribution in [2.24, 2.45) is 11.3 Å². The fourth-order valence-electron chi connectivity index (χ4n) is 5.94. The molecule has 1 aliphatic carbocycles. The highest BCUT2D eigenvalue weighted by molar-refractivity contribution is 6.01. The average molecular weight is 377 g/mol. The molecule has 2 aromatic rings. The van der Waals surface area contributed by atoms with Crippen molar-refractivity contribution in [2.45, 2.75) is 72.3 Å². The first-order valence-electron chi connectivity index (χ1n) is 11.1. The van der Waals surface area contributed by atoms with E-state index in [1.807, 2.05) is 0 Å². The average Bonchev–Trinajstić information content (AvgIpc) is 3.03. The Kier molecular flexibility index (Phi) is 4.01. The van der Waals surface area contributed by atoms with Crippen LogP contribution in [-0.4, -0.2) is 22.2 Å². The molecule has 2 aliphatic heterocycles. The zero-order valence-corrected chi connectivity index (χ0v) is 17.7. The van der Waals surface area contributed by atoms with Crippen molar-refractivity contribution in [2.75, 3.05) is 6.54 Å². The molecule has 0 unspecified atom stereocenters. The van der Waals surface area contributed by atoms with E-state index in [-0.39, 0.29) is 5.41 Å². The predicted molar refractivity (Wildman–Crippen MR) is 114 cm³/mol. The summed E-state index contributed by atoms with van der Waals surface area (Å²) in [5.41, 5.74) is 7.89. The van der Waals surface area contributed by atoms with Crippen LogP contribution in [0.25, 0.3) is 10.9 Å². The molecule has 3 nitrogen and oxygen atoms in total. The van der Waals surface area contributed by atoms with E-state index in [0.29, 0.717) is 17.7 Å². The van der Waals surface area contributed by atoms with Gasteiger partial charge >= 0.3 is 0 Å². The smallest absolute Gasteiger partial charge is 0.166 e. The van der Waals surface area contributed by atoms with Crippen LogP contribution in [0, 0.1) is 18.3 Å². The molecular weight excluding hydrogens is 344 g/mol. The second-order valence-corrected chi connectivity index (χ2v) is 9.82. The van der Waals surface area contributed by atoms with Crippen molar-refractivity contribution in [3.63, 3.8) is 0 Å². The number of allylic oxidation sites excluding steroid dienone is 2. The Bertz CT molecular complexity index is 993. The Morgan fingerprint density at radius 2 is 2.07 bits per heavy atom. The van der Waals surface area contributed by atoms with Gasteiger partial charge in [-0.1, -0.05) is 38.8 Å². The number of benzene rings is 1. The number of carbonyl (C=O) groups excluding carboxylic acids is 1. The second-order valence-electron chi connectivity index (χ2n) is 9.82. The van der Waals surface area contributed by atoms with Gasteiger partial charge in [-0.05, 0) is 62.6 Å². The summed E-state index contributed by atoms with van der Waals surface area (Å²) < 4.78 is 0. The number of nitrogens with zero attached hydrogens (tertiary/aromatic N) is 1. The highest BCUT2D eigenvalue weighted by Crippen LogP contribution is 2.51. The van der Waals surface area contributed by atoms with Crippen LogP contribution < -0.4 is 0 Å². The zero-order valence-electron chi connectivity index (χ0n) is 17.7. The molecule has 0 fully saturated rings. The SMILES string of the molecule is CCC[C@@H]1C[C@H]2c3[nH]c4ccc(C)cc4c3CCN2C2=C1C(=O)C(C)(C)CC2. The Morgan fingerprint density at radius 3 is 2.86 bits per heavy atom. The Hall–Kier alpha value is -2.03. The van der Waals surface area contributed by atoms with Crippen molar-refractivity contribution < 1.29 is 4.79 Å². The molecule has 1 aromatic heterocycles. The number of Topliss-reactive ketones (excluding diaryl/α,β-unsaturated/α-hetero) is 1. The first-order valence-corrected chi connectivity index (χ1v) is 11.1. The molecule has 2 atom stereocenters. The van der Waals surface area contributed by atoms with Crippen LogP contribution >= 0.6 is 0 Å². The van der Waals surface area contributed by atoms with E-state index >= 15 is 0 Å². The molecule has 0 spiro atoms. The third-order valence-electron chi connectivity index (χ3n) is 7.46. The van der Waals surface area contributed by atoms with Gasteiger partial charge < -0.3 is 9.88 Å². The molecule has 0 bridgehead atoms. The summed E-state index contributed by atoms with van der Waals surface area (Å²) in [6.07, 6.45) is 6.45. The normalized spacial score (nSPS) is 26.3. The summed E-state index contributed by atoms with van der Waals surface area (Å²) in [5.74, 6) is 0.830. The maximum absolute atomic E-state index is 13.4. The minimum atomic E-state index is -0.197. The van der Waals surface area contributed by atoms with Gasteiger partial charge in [0.25, 0.3) is 0 Å². The number of hydrogen-bond donors (Lipinski definition) is 1. The summed E-state index contributed by atoms with van der Waals surface area (Å²) >= 11 is 0. The largest absolute Gasteiger partial charge is 0.366 e. The van der Waals surface area contributed by atoms with Gasteiger partial charge in [-0.2, -0.15) is 0 Å². The molecule has 3 heteroatoms. The van der Waals surface area contributed by atoms with Crippen LogP contribution in [0.5, 0.6) is 0 Å². The Balaban J connectivity index is 1.64. The highest BCUT2D eigenvalue weighted by Gasteiger charge is 2.46. The van der Waals surface area contributed by atoms with Crippen molar-refractivity contribution >= 4 is 16.7 Å². The molecule has 0 radical (unpaired) electrons. The van der Waals surface area contributed by atoms with Crippen LogP contribution in [0.3, 0.4) is 0 Å². The predicted octanol–water partition coefficient (Wildman–Crippen LogP) is 5.84. The van der Waals surface area contributed by atoms with Gasteiger partial charge in [0.15, 0.2) is 5.78 Å². The summed E-state index contributed by atoms with van der Waals surface area (Å²) in [6, 6.07) is 7.17. The lowest BCUT2D eigenvalue weighted by Gasteiger charge is -2.49. The molecule has 5 rings (SSSR count). The number of nitrogens with one attached hydrogen (secondary N) is 1. The molecular formula is C25H32N2O. The first-order chi connectivity index (χ1) is 13.4. The van der Waals surface area contributed by atoms with Crippen LogP contribution in [-0.2, 0) is 11.2 Å². The van der Waals surface area contributed by atoms with E-state index in [9.17, 15) is 4.79 Å². The number of fused-ring (bicyclic) bond motifs is 6. The molecule has 28 heavy (non-hydrogen) atoms. The van der Waals surface area contributed by atoms with Crippen LogP contribution in [0.1, 0.15) is 75.7 Å². The number of carbonyl (C=O) groups is 1. The maximum atomic E-state index is 13.4. The minimum Gasteiger partial charge on any atom is -0.366 e. The summed E-state index contributed by atoms with van der Waals surface area (Å²) in [5, 5.41) is 1.40. The van der Waals surface area contributed by atoms with Crippen molar-refractivity contribution in [3.05, 3.63) is 46.3 Å². The van der Waals surface area contributed by atoms with Gasteiger partial charge in [-0.3, -0.25) is 4.79 Å². The van der Waals surface area contributed by atoms with Gasteiger partial charge in [0.1, 0.15) is 0 Å². The number of hydrogen-bond acceptors (Lipinski definition) is 2. The first kappa shape index (κ1) is 18.0. The van der Waals surface area contributed by atoms with E-state index in [0.717, 1.165) is 45.1 Å². The van der Waals surface area contributed by atoms with Crippen LogP contribution in [0.4, 0.5) is 0 Å². The standard InChI is InChI=1S/C25H32N2O/c1-5-6-16-14-21-23-17(18-13-15(2)7-8-19(18)26-23)10-12-27(21)20-9-11-25(3,4)24(28)22(16)20/h7-8,13,16,21,26H,5-6,9-12,14H2,1-4H3/t16-,21+/m1/s1. The summed E-state index contributed by atoms with van der Waals surface area (Å²) in [6.45, 7) is 9.76. The van der Waals surface area contributed by atoms with Gasteiger partial charge in [0, 0.05) is 39.8 Å². The Morgan fingerprint density at radius 1 is 1.25 bits per heavy atom. The van der Waals surface area contributed by atoms with Gasteiger partial charge in [-0.25, -0.2) is 0 Å². The topological polar surface area (TPSA) is 36.1 Å². The maximum Gasteiger partial charge on any atom is 0.166 e. The fourth-order valence-corrected chi connectivity index (χ4v) is 5.94. The molecule has 3 heterocycles. The third-order valence-corrected chi connectivity index (χ3v) is 7.46. The fraction of sp³-hybridized carbons (Fsp3) is 0.560. The van der Waals surface area contributed by atoms with Crippen molar-refractivity contribution in [3.8, 4) is 0 Å². The van der Waals surface area contributed by atoms with Crippen LogP contribution in [0.2, 0.25) is 0 Å². The van der Waals surface area contributed by atoms with E-state index in [2.05, 4.69) is 55.8 Å². The molecule has 3 aliphatic rings. The summed E-state index contributed by atoms with van der Waals surface area (Å²) in [4.78, 5) is 19.7. The third kappa shape index (κ3) is 2.51. The number of ketones is 1. The number of rotatable bonds is 2. The van der Waals surface area contributed by atoms with Crippen LogP contribution in [0.15, 0.2) is 29.5 Å². The van der Waals surface area contributed by atoms with Crippen molar-refractivity contribution in [1.29, 1.82) is 0 Å². The molecule has 1 aromatic carbocycles. The van der Waals surface area contributed by atoms with E-state index in [4.69, 9.17) is 0 Å². The number of aryl methyl sites for hydroxylation is 1. The van der Waals surface area contributed by atoms with E-state index < -0.39 is 0 Å². The molecule has 0 amide bonds. The molecule has 0 saturated carbocycles. The lowest BCUT2D eigenvalue weighted by Crippen LogP contribution is -2.46. The second kappa shape index (κ2) is 6.23. The number of aromatic nitrogens is 1. The quantitative estimate of drug-likeness (QED) is 0.715. The number of H-pyrrole nitrogens is 1. The van der Waals surface area contributed by atoms with Gasteiger partial charge in [0.2, 0.25) is 0 Å². The van der Waals surface area contributed by atoms with E-state index in [1.165, 1.54) is 39.0 Å².